The van der Waals surface area contributed by atoms with E-state index in [-0.39, 0.29) is 0 Å². The molecule has 0 saturated heterocycles. The molecule has 0 spiro atoms. The molecule has 4 nitrogen and oxygen atoms in total. The Morgan fingerprint density at radius 3 is 2.37 bits per heavy atom. The Kier molecular flexibility index (Phi) is 8.18. The van der Waals surface area contributed by atoms with Crippen LogP contribution in [0.4, 0.5) is 0 Å². The van der Waals surface area contributed by atoms with Crippen LogP contribution in [0.3, 0.4) is 0 Å². The molecule has 0 aliphatic heterocycles. The molecule has 1 heterocycles. The van der Waals surface area contributed by atoms with Gasteiger partial charge >= 0.3 is 7.60 Å². The molecule has 110 valence electrons. The second-order valence-corrected chi connectivity index (χ2v) is 9.50. The maximum absolute atomic E-state index is 12.2. The molecular formula is C11H17Br2O4PS. The van der Waals surface area contributed by atoms with Crippen LogP contribution in [0.2, 0.25) is 0 Å². The SMILES string of the molecule is CCOP(=O)(CCCOc1cc(Br)sc1Br)OCC. The minimum absolute atomic E-state index is 0.373. The van der Waals surface area contributed by atoms with Crippen LogP contribution in [0.5, 0.6) is 5.75 Å². The van der Waals surface area contributed by atoms with Gasteiger partial charge in [0.25, 0.3) is 0 Å². The van der Waals surface area contributed by atoms with Crippen molar-refractivity contribution in [3.63, 3.8) is 0 Å². The highest BCUT2D eigenvalue weighted by atomic mass is 79.9. The number of rotatable bonds is 9. The summed E-state index contributed by atoms with van der Waals surface area (Å²) in [4.78, 5) is 0. The van der Waals surface area contributed by atoms with Gasteiger partial charge in [0.05, 0.1) is 29.8 Å². The first-order chi connectivity index (χ1) is 9.00. The lowest BCUT2D eigenvalue weighted by Gasteiger charge is -2.16. The van der Waals surface area contributed by atoms with Gasteiger partial charge in [0.1, 0.15) is 9.54 Å². The summed E-state index contributed by atoms with van der Waals surface area (Å²) in [5, 5.41) is 0. The zero-order valence-electron chi connectivity index (χ0n) is 10.9. The van der Waals surface area contributed by atoms with E-state index in [1.807, 2.05) is 19.9 Å². The predicted octanol–water partition coefficient (Wildman–Crippen LogP) is 5.31. The lowest BCUT2D eigenvalue weighted by molar-refractivity contribution is 0.216. The third kappa shape index (κ3) is 6.27. The van der Waals surface area contributed by atoms with E-state index in [0.717, 1.165) is 13.3 Å². The van der Waals surface area contributed by atoms with Crippen molar-refractivity contribution >= 4 is 50.8 Å². The van der Waals surface area contributed by atoms with Crippen LogP contribution in [0.1, 0.15) is 20.3 Å². The smallest absolute Gasteiger partial charge is 0.330 e. The van der Waals surface area contributed by atoms with Gasteiger partial charge in [0.2, 0.25) is 0 Å². The molecule has 0 saturated carbocycles. The van der Waals surface area contributed by atoms with Crippen LogP contribution in [0.15, 0.2) is 13.6 Å². The van der Waals surface area contributed by atoms with Gasteiger partial charge in [-0.15, -0.1) is 11.3 Å². The third-order valence-electron chi connectivity index (χ3n) is 2.11. The average molecular weight is 436 g/mol. The van der Waals surface area contributed by atoms with Crippen molar-refractivity contribution in [2.75, 3.05) is 26.0 Å². The monoisotopic (exact) mass is 434 g/mol. The standard InChI is InChI=1S/C11H17Br2O4PS/c1-3-16-18(14,17-4-2)7-5-6-15-9-8-10(12)19-11(9)13/h8H,3-7H2,1-2H3. The molecule has 0 aliphatic carbocycles. The summed E-state index contributed by atoms with van der Waals surface area (Å²) in [5.41, 5.74) is 0. The molecule has 1 aromatic heterocycles. The average Bonchev–Trinajstić information content (AvgIpc) is 2.64. The summed E-state index contributed by atoms with van der Waals surface area (Å²) in [6.07, 6.45) is 0.995. The Labute approximate surface area is 134 Å². The topological polar surface area (TPSA) is 44.8 Å². The number of halogens is 2. The van der Waals surface area contributed by atoms with Gasteiger partial charge in [-0.1, -0.05) is 0 Å². The molecule has 0 atom stereocenters. The fourth-order valence-corrected chi connectivity index (χ4v) is 5.71. The molecule has 0 aromatic carbocycles. The van der Waals surface area contributed by atoms with E-state index in [4.69, 9.17) is 13.8 Å². The highest BCUT2D eigenvalue weighted by Crippen LogP contribution is 2.48. The fourth-order valence-electron chi connectivity index (χ4n) is 1.42. The van der Waals surface area contributed by atoms with Crippen LogP contribution in [0, 0.1) is 0 Å². The zero-order chi connectivity index (χ0) is 14.3. The van der Waals surface area contributed by atoms with Gasteiger partial charge in [0.15, 0.2) is 0 Å². The summed E-state index contributed by atoms with van der Waals surface area (Å²) >= 11 is 8.36. The molecule has 0 amide bonds. The van der Waals surface area contributed by atoms with E-state index in [9.17, 15) is 4.57 Å². The highest BCUT2D eigenvalue weighted by Gasteiger charge is 2.22. The molecule has 0 radical (unpaired) electrons. The van der Waals surface area contributed by atoms with E-state index < -0.39 is 7.60 Å². The molecule has 0 N–H and O–H groups in total. The third-order valence-corrected chi connectivity index (χ3v) is 6.56. The van der Waals surface area contributed by atoms with Crippen LogP contribution >= 0.6 is 50.8 Å². The highest BCUT2D eigenvalue weighted by molar-refractivity contribution is 9.12. The van der Waals surface area contributed by atoms with Crippen molar-refractivity contribution in [1.82, 2.24) is 0 Å². The van der Waals surface area contributed by atoms with Crippen molar-refractivity contribution in [2.24, 2.45) is 0 Å². The first-order valence-corrected chi connectivity index (χ1v) is 10.1. The summed E-state index contributed by atoms with van der Waals surface area (Å²) in [6, 6.07) is 1.90. The Bertz CT molecular complexity index is 428. The molecule has 8 heteroatoms. The van der Waals surface area contributed by atoms with E-state index in [2.05, 4.69) is 31.9 Å². The molecule has 0 fully saturated rings. The van der Waals surface area contributed by atoms with Gasteiger partial charge in [0, 0.05) is 6.07 Å². The Morgan fingerprint density at radius 1 is 1.26 bits per heavy atom. The van der Waals surface area contributed by atoms with Gasteiger partial charge < -0.3 is 13.8 Å². The summed E-state index contributed by atoms with van der Waals surface area (Å²) < 4.78 is 30.2. The predicted molar refractivity (Wildman–Crippen MR) is 85.6 cm³/mol. The van der Waals surface area contributed by atoms with Crippen molar-refractivity contribution in [3.05, 3.63) is 13.6 Å². The van der Waals surface area contributed by atoms with Crippen molar-refractivity contribution in [2.45, 2.75) is 20.3 Å². The first kappa shape index (κ1) is 17.7. The van der Waals surface area contributed by atoms with Crippen LogP contribution in [-0.4, -0.2) is 26.0 Å². The molecule has 0 bridgehead atoms. The second kappa shape index (κ2) is 8.80. The Hall–Kier alpha value is 0.610. The molecule has 0 unspecified atom stereocenters. The number of thiophene rings is 1. The van der Waals surface area contributed by atoms with Crippen molar-refractivity contribution in [3.8, 4) is 5.75 Å². The Morgan fingerprint density at radius 2 is 1.89 bits per heavy atom. The van der Waals surface area contributed by atoms with Crippen molar-refractivity contribution in [1.29, 1.82) is 0 Å². The largest absolute Gasteiger partial charge is 0.491 e. The minimum atomic E-state index is -2.95. The first-order valence-electron chi connectivity index (χ1n) is 5.96. The second-order valence-electron chi connectivity index (χ2n) is 3.56. The van der Waals surface area contributed by atoms with Crippen LogP contribution in [0.25, 0.3) is 0 Å². The van der Waals surface area contributed by atoms with E-state index >= 15 is 0 Å². The maximum Gasteiger partial charge on any atom is 0.330 e. The molecule has 0 aliphatic rings. The van der Waals surface area contributed by atoms with Crippen molar-refractivity contribution < 1.29 is 18.3 Å². The normalized spacial score (nSPS) is 11.8. The fraction of sp³-hybridized carbons (Fsp3) is 0.636. The van der Waals surface area contributed by atoms with Crippen LogP contribution < -0.4 is 4.74 Å². The number of hydrogen-bond acceptors (Lipinski definition) is 5. The zero-order valence-corrected chi connectivity index (χ0v) is 15.7. The maximum atomic E-state index is 12.2. The lowest BCUT2D eigenvalue weighted by atomic mass is 10.5. The van der Waals surface area contributed by atoms with Gasteiger partial charge in [-0.25, -0.2) is 0 Å². The van der Waals surface area contributed by atoms with Crippen LogP contribution in [-0.2, 0) is 13.6 Å². The number of hydrogen-bond donors (Lipinski definition) is 0. The molecule has 1 rings (SSSR count). The van der Waals surface area contributed by atoms with E-state index in [1.165, 1.54) is 0 Å². The van der Waals surface area contributed by atoms with E-state index in [0.29, 0.717) is 32.4 Å². The van der Waals surface area contributed by atoms with E-state index in [1.54, 1.807) is 11.3 Å². The molecule has 1 aromatic rings. The van der Waals surface area contributed by atoms with Gasteiger partial charge in [-0.3, -0.25) is 4.57 Å². The molecular weight excluding hydrogens is 419 g/mol. The van der Waals surface area contributed by atoms with Gasteiger partial charge in [-0.05, 0) is 52.1 Å². The summed E-state index contributed by atoms with van der Waals surface area (Å²) in [7, 11) is -2.95. The quantitative estimate of drug-likeness (QED) is 0.389. The molecule has 19 heavy (non-hydrogen) atoms. The summed E-state index contributed by atoms with van der Waals surface area (Å²) in [5.74, 6) is 0.791. The van der Waals surface area contributed by atoms with Gasteiger partial charge in [-0.2, -0.15) is 0 Å². The minimum Gasteiger partial charge on any atom is -0.491 e. The lowest BCUT2D eigenvalue weighted by Crippen LogP contribution is -2.05. The Balaban J connectivity index is 2.36. The number of ether oxygens (including phenoxy) is 1. The summed E-state index contributed by atoms with van der Waals surface area (Å²) in [6.45, 7) is 4.87.